The molecule has 0 aromatic heterocycles. The van der Waals surface area contributed by atoms with Crippen molar-refractivity contribution in [1.82, 2.24) is 0 Å². The van der Waals surface area contributed by atoms with E-state index < -0.39 is 34.7 Å². The van der Waals surface area contributed by atoms with Crippen LogP contribution in [-0.4, -0.2) is 61.2 Å². The Morgan fingerprint density at radius 3 is 0.840 bits per heavy atom. The Balaban J connectivity index is 5.89. The first-order valence-corrected chi connectivity index (χ1v) is 19.1. The largest absolute Gasteiger partial charge is 0.663 e. The van der Waals surface area contributed by atoms with E-state index in [0.29, 0.717) is 26.4 Å². The maximum atomic E-state index is 6.35. The lowest BCUT2D eigenvalue weighted by Gasteiger charge is -2.40. The Morgan fingerprint density at radius 1 is 0.440 bits per heavy atom. The predicted octanol–water partition coefficient (Wildman–Crippen LogP) is 3.72. The van der Waals surface area contributed by atoms with Gasteiger partial charge in [-0.3, -0.25) is 0 Å². The zero-order valence-electron chi connectivity index (χ0n) is 17.7. The molecule has 0 aromatic rings. The van der Waals surface area contributed by atoms with Crippen LogP contribution in [0.2, 0.25) is 39.3 Å². The third-order valence-corrected chi connectivity index (χ3v) is 13.9. The van der Waals surface area contributed by atoms with Crippen LogP contribution in [0.1, 0.15) is 27.7 Å². The van der Waals surface area contributed by atoms with Crippen LogP contribution in [0.3, 0.4) is 0 Å². The van der Waals surface area contributed by atoms with E-state index in [9.17, 15) is 0 Å². The van der Waals surface area contributed by atoms with E-state index in [1.54, 1.807) is 0 Å². The average Bonchev–Trinajstić information content (AvgIpc) is 2.35. The molecule has 0 N–H and O–H groups in total. The number of rotatable bonds is 14. The molecular weight excluding hydrogens is 392 g/mol. The Morgan fingerprint density at radius 2 is 0.680 bits per heavy atom. The standard InChI is InChI=1S/C14H38O7Si4/c1-11-15-24(16-12-2,19-22(5,6)7)21-25(17-13-3,18-14-4)20-23(8,9)10/h11-14H2,1-10H3. The van der Waals surface area contributed by atoms with Crippen molar-refractivity contribution in [1.29, 1.82) is 0 Å². The Kier molecular flexibility index (Phi) is 11.1. The molecule has 0 aliphatic rings. The van der Waals surface area contributed by atoms with Crippen LogP contribution in [0, 0.1) is 0 Å². The van der Waals surface area contributed by atoms with Crippen LogP contribution < -0.4 is 0 Å². The summed E-state index contributed by atoms with van der Waals surface area (Å²) in [4.78, 5) is 0. The number of hydrogen-bond acceptors (Lipinski definition) is 7. The van der Waals surface area contributed by atoms with Crippen molar-refractivity contribution in [2.45, 2.75) is 67.0 Å². The lowest BCUT2D eigenvalue weighted by molar-refractivity contribution is -0.0260. The second kappa shape index (κ2) is 10.8. The molecule has 0 aromatic carbocycles. The topological polar surface area (TPSA) is 64.6 Å². The Labute approximate surface area is 158 Å². The third-order valence-electron chi connectivity index (χ3n) is 2.40. The van der Waals surface area contributed by atoms with Gasteiger partial charge in [0.15, 0.2) is 16.6 Å². The molecule has 0 amide bonds. The van der Waals surface area contributed by atoms with E-state index in [-0.39, 0.29) is 0 Å². The lowest BCUT2D eigenvalue weighted by Crippen LogP contribution is -2.66. The monoisotopic (exact) mass is 430 g/mol. The van der Waals surface area contributed by atoms with Crippen molar-refractivity contribution in [3.05, 3.63) is 0 Å². The van der Waals surface area contributed by atoms with E-state index in [0.717, 1.165) is 0 Å². The molecule has 152 valence electrons. The molecule has 11 heteroatoms. The van der Waals surface area contributed by atoms with Gasteiger partial charge >= 0.3 is 18.1 Å². The van der Waals surface area contributed by atoms with Crippen LogP contribution in [-0.2, 0) is 30.0 Å². The quantitative estimate of drug-likeness (QED) is 0.389. The lowest BCUT2D eigenvalue weighted by atomic mass is 10.9. The second-order valence-corrected chi connectivity index (χ2v) is 21.3. The predicted molar refractivity (Wildman–Crippen MR) is 108 cm³/mol. The van der Waals surface area contributed by atoms with E-state index in [4.69, 9.17) is 30.0 Å². The molecule has 0 unspecified atom stereocenters. The molecule has 0 radical (unpaired) electrons. The second-order valence-electron chi connectivity index (χ2n) is 7.26. The van der Waals surface area contributed by atoms with Gasteiger partial charge in [-0.15, -0.1) is 0 Å². The molecule has 0 spiro atoms. The first-order valence-electron chi connectivity index (χ1n) is 9.02. The summed E-state index contributed by atoms with van der Waals surface area (Å²) >= 11 is 0. The molecule has 0 aliphatic carbocycles. The van der Waals surface area contributed by atoms with Gasteiger partial charge in [0.1, 0.15) is 0 Å². The maximum Gasteiger partial charge on any atom is 0.663 e. The third kappa shape index (κ3) is 10.5. The van der Waals surface area contributed by atoms with Crippen molar-refractivity contribution in [3.63, 3.8) is 0 Å². The van der Waals surface area contributed by atoms with Gasteiger partial charge in [-0.2, -0.15) is 0 Å². The molecule has 0 heterocycles. The first-order chi connectivity index (χ1) is 11.4. The van der Waals surface area contributed by atoms with E-state index in [2.05, 4.69) is 39.3 Å². The zero-order chi connectivity index (χ0) is 19.8. The maximum absolute atomic E-state index is 6.35. The van der Waals surface area contributed by atoms with Crippen molar-refractivity contribution in [2.75, 3.05) is 26.4 Å². The summed E-state index contributed by atoms with van der Waals surface area (Å²) < 4.78 is 42.6. The highest BCUT2D eigenvalue weighted by Gasteiger charge is 2.61. The van der Waals surface area contributed by atoms with Crippen molar-refractivity contribution in [2.24, 2.45) is 0 Å². The fourth-order valence-corrected chi connectivity index (χ4v) is 13.7. The highest BCUT2D eigenvalue weighted by Crippen LogP contribution is 2.27. The molecule has 0 rings (SSSR count). The highest BCUT2D eigenvalue weighted by molar-refractivity contribution is 6.83. The Bertz CT molecular complexity index is 325. The summed E-state index contributed by atoms with van der Waals surface area (Å²) in [6.07, 6.45) is 0. The smallest absolute Gasteiger partial charge is 0.395 e. The van der Waals surface area contributed by atoms with Gasteiger partial charge in [-0.25, -0.2) is 0 Å². The fourth-order valence-electron chi connectivity index (χ4n) is 1.97. The van der Waals surface area contributed by atoms with Crippen LogP contribution in [0.25, 0.3) is 0 Å². The fraction of sp³-hybridized carbons (Fsp3) is 1.00. The van der Waals surface area contributed by atoms with Gasteiger partial charge in [0.25, 0.3) is 0 Å². The highest BCUT2D eigenvalue weighted by atomic mass is 28.5. The summed E-state index contributed by atoms with van der Waals surface area (Å²) in [5, 5.41) is 0. The summed E-state index contributed by atoms with van der Waals surface area (Å²) in [5.41, 5.74) is 0. The summed E-state index contributed by atoms with van der Waals surface area (Å²) in [6.45, 7) is 21.6. The van der Waals surface area contributed by atoms with Crippen LogP contribution >= 0.6 is 0 Å². The molecular formula is C14H38O7Si4. The van der Waals surface area contributed by atoms with Gasteiger partial charge in [0.2, 0.25) is 0 Å². The molecule has 0 aliphatic heterocycles. The molecule has 0 atom stereocenters. The zero-order valence-corrected chi connectivity index (χ0v) is 21.7. The van der Waals surface area contributed by atoms with Crippen molar-refractivity contribution < 1.29 is 30.0 Å². The van der Waals surface area contributed by atoms with Crippen LogP contribution in [0.5, 0.6) is 0 Å². The minimum absolute atomic E-state index is 0.409. The molecule has 7 nitrogen and oxygen atoms in total. The molecule has 0 bridgehead atoms. The minimum Gasteiger partial charge on any atom is -0.395 e. The first kappa shape index (κ1) is 25.6. The van der Waals surface area contributed by atoms with Gasteiger partial charge < -0.3 is 30.0 Å². The van der Waals surface area contributed by atoms with Gasteiger partial charge in [0.05, 0.1) is 0 Å². The SMILES string of the molecule is CCO[Si](OCC)(O[Si](C)(C)C)O[Si](OCC)(OCC)O[Si](C)(C)C. The summed E-state index contributed by atoms with van der Waals surface area (Å²) in [5.74, 6) is 0. The minimum atomic E-state index is -3.47. The van der Waals surface area contributed by atoms with Crippen LogP contribution in [0.4, 0.5) is 0 Å². The van der Waals surface area contributed by atoms with Gasteiger partial charge in [-0.1, -0.05) is 0 Å². The molecule has 0 saturated carbocycles. The van der Waals surface area contributed by atoms with Gasteiger partial charge in [0, 0.05) is 26.4 Å². The van der Waals surface area contributed by atoms with Crippen molar-refractivity contribution in [3.8, 4) is 0 Å². The molecule has 0 fully saturated rings. The van der Waals surface area contributed by atoms with Crippen molar-refractivity contribution >= 4 is 34.7 Å². The molecule has 0 saturated heterocycles. The summed E-state index contributed by atoms with van der Waals surface area (Å²) in [7, 11) is -11.0. The molecule has 25 heavy (non-hydrogen) atoms. The normalized spacial score (nSPS) is 14.2. The average molecular weight is 431 g/mol. The van der Waals surface area contributed by atoms with Gasteiger partial charge in [-0.05, 0) is 67.0 Å². The van der Waals surface area contributed by atoms with E-state index in [1.807, 2.05) is 27.7 Å². The van der Waals surface area contributed by atoms with Crippen LogP contribution in [0.15, 0.2) is 0 Å². The summed E-state index contributed by atoms with van der Waals surface area (Å²) in [6, 6.07) is 0. The number of hydrogen-bond donors (Lipinski definition) is 0. The Hall–Kier alpha value is 0.588. The van der Waals surface area contributed by atoms with E-state index >= 15 is 0 Å². The van der Waals surface area contributed by atoms with E-state index in [1.165, 1.54) is 0 Å².